The second-order valence-electron chi connectivity index (χ2n) is 7.90. The summed E-state index contributed by atoms with van der Waals surface area (Å²) in [6, 6.07) is 18.7. The minimum atomic E-state index is -3.94. The zero-order valence-electron chi connectivity index (χ0n) is 18.6. The summed E-state index contributed by atoms with van der Waals surface area (Å²) >= 11 is 24.7. The maximum absolute atomic E-state index is 13.0. The number of sulfonamides is 1. The Hall–Kier alpha value is -2.16. The summed E-state index contributed by atoms with van der Waals surface area (Å²) in [6.45, 7) is 1.53. The number of piperazine rings is 1. The summed E-state index contributed by atoms with van der Waals surface area (Å²) in [6.07, 6.45) is 0. The van der Waals surface area contributed by atoms with E-state index in [0.29, 0.717) is 39.7 Å². The third-order valence-corrected chi connectivity index (χ3v) is 8.02. The monoisotopic (exact) mass is 570 g/mol. The molecule has 1 heterocycles. The SMILES string of the molecule is CN/C(=N\S(=O)(=O)c1ccc(Cl)cc1)N1CCN(c2ccc(Cl)cc2Cl)C(c2ccc(Cl)cc2)C1. The van der Waals surface area contributed by atoms with Crippen LogP contribution in [0.2, 0.25) is 20.1 Å². The van der Waals surface area contributed by atoms with Crippen LogP contribution in [0.4, 0.5) is 5.69 Å². The molecule has 1 fully saturated rings. The molecule has 0 radical (unpaired) electrons. The van der Waals surface area contributed by atoms with Crippen LogP contribution in [0.3, 0.4) is 0 Å². The molecule has 1 unspecified atom stereocenters. The van der Waals surface area contributed by atoms with E-state index in [0.717, 1.165) is 11.3 Å². The van der Waals surface area contributed by atoms with Gasteiger partial charge in [0.2, 0.25) is 5.96 Å². The number of guanidine groups is 1. The van der Waals surface area contributed by atoms with Gasteiger partial charge in [0.1, 0.15) is 0 Å². The number of hydrogen-bond acceptors (Lipinski definition) is 3. The molecular formula is C24H22Cl4N4O2S. The molecule has 1 aliphatic heterocycles. The molecule has 3 aromatic carbocycles. The number of anilines is 1. The lowest BCUT2D eigenvalue weighted by atomic mass is 10.0. The van der Waals surface area contributed by atoms with Gasteiger partial charge >= 0.3 is 0 Å². The van der Waals surface area contributed by atoms with Gasteiger partial charge in [-0.3, -0.25) is 0 Å². The van der Waals surface area contributed by atoms with E-state index in [1.54, 1.807) is 19.2 Å². The van der Waals surface area contributed by atoms with Crippen molar-refractivity contribution in [1.29, 1.82) is 0 Å². The Labute approximate surface area is 225 Å². The minimum absolute atomic E-state index is 0.0653. The summed E-state index contributed by atoms with van der Waals surface area (Å²) in [5.41, 5.74) is 1.84. The lowest BCUT2D eigenvalue weighted by Gasteiger charge is -2.44. The van der Waals surface area contributed by atoms with Crippen LogP contribution < -0.4 is 10.2 Å². The molecule has 0 spiro atoms. The molecule has 35 heavy (non-hydrogen) atoms. The van der Waals surface area contributed by atoms with Crippen molar-refractivity contribution in [2.45, 2.75) is 10.9 Å². The fourth-order valence-corrected chi connectivity index (χ4v) is 5.77. The van der Waals surface area contributed by atoms with Gasteiger partial charge in [-0.2, -0.15) is 8.42 Å². The maximum atomic E-state index is 13.0. The van der Waals surface area contributed by atoms with Gasteiger partial charge in [0.25, 0.3) is 10.0 Å². The van der Waals surface area contributed by atoms with E-state index in [1.807, 2.05) is 35.2 Å². The number of hydrogen-bond donors (Lipinski definition) is 1. The Balaban J connectivity index is 1.69. The topological polar surface area (TPSA) is 65.0 Å². The van der Waals surface area contributed by atoms with Crippen molar-refractivity contribution in [2.24, 2.45) is 4.40 Å². The molecule has 11 heteroatoms. The minimum Gasteiger partial charge on any atom is -0.360 e. The zero-order chi connectivity index (χ0) is 25.2. The Bertz CT molecular complexity index is 1330. The van der Waals surface area contributed by atoms with Crippen LogP contribution in [-0.4, -0.2) is 46.0 Å². The molecule has 1 aliphatic rings. The molecule has 0 bridgehead atoms. The van der Waals surface area contributed by atoms with Crippen molar-refractivity contribution in [3.8, 4) is 0 Å². The largest absolute Gasteiger partial charge is 0.360 e. The number of benzene rings is 3. The molecular weight excluding hydrogens is 550 g/mol. The fraction of sp³-hybridized carbons (Fsp3) is 0.208. The molecule has 6 nitrogen and oxygen atoms in total. The van der Waals surface area contributed by atoms with Gasteiger partial charge in [-0.15, -0.1) is 4.40 Å². The molecule has 1 N–H and O–H groups in total. The molecule has 3 aromatic rings. The van der Waals surface area contributed by atoms with Crippen molar-refractivity contribution >= 4 is 68.1 Å². The third kappa shape index (κ3) is 5.98. The van der Waals surface area contributed by atoms with Crippen molar-refractivity contribution < 1.29 is 8.42 Å². The Kier molecular flexibility index (Phi) is 8.03. The molecule has 0 aliphatic carbocycles. The highest BCUT2D eigenvalue weighted by atomic mass is 35.5. The highest BCUT2D eigenvalue weighted by Crippen LogP contribution is 2.37. The standard InChI is InChI=1S/C24H22Cl4N4O2S/c1-29-24(30-35(33,34)20-9-6-18(26)7-10-20)31-12-13-32(22-11-8-19(27)14-21(22)28)23(15-31)16-2-4-17(25)5-3-16/h2-11,14,23H,12-13,15H2,1H3,(H,29,30). The highest BCUT2D eigenvalue weighted by molar-refractivity contribution is 7.90. The van der Waals surface area contributed by atoms with Crippen LogP contribution in [0.15, 0.2) is 76.0 Å². The van der Waals surface area contributed by atoms with Gasteiger partial charge in [0, 0.05) is 41.7 Å². The first-order valence-corrected chi connectivity index (χ1v) is 13.6. The summed E-state index contributed by atoms with van der Waals surface area (Å²) in [5, 5.41) is 5.12. The van der Waals surface area contributed by atoms with E-state index >= 15 is 0 Å². The van der Waals surface area contributed by atoms with E-state index in [4.69, 9.17) is 46.4 Å². The van der Waals surface area contributed by atoms with Gasteiger partial charge in [0.05, 0.1) is 21.6 Å². The molecule has 0 saturated carbocycles. The predicted octanol–water partition coefficient (Wildman–Crippen LogP) is 6.13. The smallest absolute Gasteiger partial charge is 0.285 e. The van der Waals surface area contributed by atoms with E-state index < -0.39 is 10.0 Å². The number of halogens is 4. The van der Waals surface area contributed by atoms with E-state index in [2.05, 4.69) is 14.6 Å². The quantitative estimate of drug-likeness (QED) is 0.301. The van der Waals surface area contributed by atoms with Crippen LogP contribution >= 0.6 is 46.4 Å². The molecule has 0 amide bonds. The average molecular weight is 572 g/mol. The first kappa shape index (κ1) is 25.9. The Morgan fingerprint density at radius 3 is 2.09 bits per heavy atom. The second-order valence-corrected chi connectivity index (χ2v) is 11.2. The van der Waals surface area contributed by atoms with Crippen LogP contribution in [-0.2, 0) is 10.0 Å². The average Bonchev–Trinajstić information content (AvgIpc) is 2.83. The van der Waals surface area contributed by atoms with Crippen LogP contribution in [0, 0.1) is 0 Å². The first-order valence-electron chi connectivity index (χ1n) is 10.7. The molecule has 1 atom stereocenters. The van der Waals surface area contributed by atoms with Crippen molar-refractivity contribution in [3.05, 3.63) is 92.4 Å². The van der Waals surface area contributed by atoms with E-state index in [9.17, 15) is 8.42 Å². The van der Waals surface area contributed by atoms with Gasteiger partial charge in [-0.25, -0.2) is 0 Å². The molecule has 0 aromatic heterocycles. The van der Waals surface area contributed by atoms with Gasteiger partial charge in [0.15, 0.2) is 0 Å². The summed E-state index contributed by atoms with van der Waals surface area (Å²) < 4.78 is 30.0. The molecule has 1 saturated heterocycles. The van der Waals surface area contributed by atoms with Gasteiger partial charge in [-0.1, -0.05) is 58.5 Å². The van der Waals surface area contributed by atoms with E-state index in [-0.39, 0.29) is 16.9 Å². The molecule has 4 rings (SSSR count). The van der Waals surface area contributed by atoms with Crippen LogP contribution in [0.25, 0.3) is 0 Å². The lowest BCUT2D eigenvalue weighted by Crippen LogP contribution is -2.53. The van der Waals surface area contributed by atoms with Crippen LogP contribution in [0.5, 0.6) is 0 Å². The van der Waals surface area contributed by atoms with Crippen molar-refractivity contribution in [3.63, 3.8) is 0 Å². The predicted molar refractivity (Wildman–Crippen MR) is 145 cm³/mol. The van der Waals surface area contributed by atoms with Gasteiger partial charge < -0.3 is 15.1 Å². The third-order valence-electron chi connectivity index (χ3n) is 5.70. The summed E-state index contributed by atoms with van der Waals surface area (Å²) in [5.74, 6) is 0.251. The number of rotatable bonds is 4. The Morgan fingerprint density at radius 2 is 1.49 bits per heavy atom. The van der Waals surface area contributed by atoms with Crippen molar-refractivity contribution in [1.82, 2.24) is 10.2 Å². The van der Waals surface area contributed by atoms with Crippen LogP contribution in [0.1, 0.15) is 11.6 Å². The maximum Gasteiger partial charge on any atom is 0.285 e. The molecule has 184 valence electrons. The first-order chi connectivity index (χ1) is 16.7. The Morgan fingerprint density at radius 1 is 0.886 bits per heavy atom. The normalized spacial score (nSPS) is 16.9. The number of nitrogens with one attached hydrogen (secondary N) is 1. The van der Waals surface area contributed by atoms with Crippen molar-refractivity contribution in [2.75, 3.05) is 31.6 Å². The van der Waals surface area contributed by atoms with E-state index in [1.165, 1.54) is 24.3 Å². The highest BCUT2D eigenvalue weighted by Gasteiger charge is 2.32. The lowest BCUT2D eigenvalue weighted by molar-refractivity contribution is 0.323. The fourth-order valence-electron chi connectivity index (χ4n) is 3.98. The van der Waals surface area contributed by atoms with Gasteiger partial charge in [-0.05, 0) is 60.2 Å². The second kappa shape index (κ2) is 10.8. The summed E-state index contributed by atoms with van der Waals surface area (Å²) in [4.78, 5) is 4.15. The number of nitrogens with zero attached hydrogens (tertiary/aromatic N) is 3. The summed E-state index contributed by atoms with van der Waals surface area (Å²) in [7, 11) is -2.30. The zero-order valence-corrected chi connectivity index (χ0v) is 22.5.